The van der Waals surface area contributed by atoms with Crippen molar-refractivity contribution in [3.05, 3.63) is 35.4 Å². The number of aryl methyl sites for hydroxylation is 1. The number of carbonyl (C=O) groups is 1. The normalized spacial score (nSPS) is 12.5. The van der Waals surface area contributed by atoms with Gasteiger partial charge in [0.15, 0.2) is 0 Å². The standard InChI is InChI=1S/C9H9BrO2/c1-6-3-2-4-7(5-6)8(10)9(11)12/h2-5,8H,1H3,(H,11,12). The van der Waals surface area contributed by atoms with E-state index in [4.69, 9.17) is 5.11 Å². The van der Waals surface area contributed by atoms with Crippen LogP contribution in [0.1, 0.15) is 16.0 Å². The third kappa shape index (κ3) is 2.08. The van der Waals surface area contributed by atoms with Crippen LogP contribution in [0, 0.1) is 6.92 Å². The fourth-order valence-electron chi connectivity index (χ4n) is 0.970. The summed E-state index contributed by atoms with van der Waals surface area (Å²) in [4.78, 5) is 9.96. The Labute approximate surface area is 79.3 Å². The van der Waals surface area contributed by atoms with Gasteiger partial charge in [-0.15, -0.1) is 0 Å². The van der Waals surface area contributed by atoms with E-state index in [1.165, 1.54) is 0 Å². The highest BCUT2D eigenvalue weighted by Gasteiger charge is 2.14. The minimum Gasteiger partial charge on any atom is -0.480 e. The highest BCUT2D eigenvalue weighted by atomic mass is 79.9. The van der Waals surface area contributed by atoms with Crippen molar-refractivity contribution >= 4 is 21.9 Å². The predicted molar refractivity (Wildman–Crippen MR) is 50.5 cm³/mol. The zero-order valence-electron chi connectivity index (χ0n) is 6.62. The average molecular weight is 229 g/mol. The van der Waals surface area contributed by atoms with Crippen LogP contribution >= 0.6 is 15.9 Å². The zero-order chi connectivity index (χ0) is 9.14. The number of carboxylic acids is 1. The summed E-state index contributed by atoms with van der Waals surface area (Å²) in [5, 5.41) is 8.68. The monoisotopic (exact) mass is 228 g/mol. The summed E-state index contributed by atoms with van der Waals surface area (Å²) in [5.41, 5.74) is 1.85. The molecule has 1 aromatic rings. The maximum Gasteiger partial charge on any atom is 0.321 e. The van der Waals surface area contributed by atoms with Crippen LogP contribution < -0.4 is 0 Å². The van der Waals surface area contributed by atoms with Crippen molar-refractivity contribution in [1.29, 1.82) is 0 Å². The summed E-state index contributed by atoms with van der Waals surface area (Å²) in [6.07, 6.45) is 0. The topological polar surface area (TPSA) is 37.3 Å². The van der Waals surface area contributed by atoms with Crippen LogP contribution in [0.5, 0.6) is 0 Å². The van der Waals surface area contributed by atoms with E-state index in [0.29, 0.717) is 0 Å². The summed E-state index contributed by atoms with van der Waals surface area (Å²) in [5.74, 6) is -0.861. The second-order valence-electron chi connectivity index (χ2n) is 2.61. The molecule has 0 aliphatic rings. The lowest BCUT2D eigenvalue weighted by atomic mass is 10.1. The summed E-state index contributed by atoms with van der Waals surface area (Å²) in [7, 11) is 0. The smallest absolute Gasteiger partial charge is 0.321 e. The van der Waals surface area contributed by atoms with Crippen molar-refractivity contribution in [3.8, 4) is 0 Å². The molecule has 64 valence electrons. The molecule has 0 bridgehead atoms. The molecule has 12 heavy (non-hydrogen) atoms. The predicted octanol–water partition coefficient (Wildman–Crippen LogP) is 2.52. The van der Waals surface area contributed by atoms with E-state index in [1.807, 2.05) is 25.1 Å². The van der Waals surface area contributed by atoms with Gasteiger partial charge in [0.1, 0.15) is 4.83 Å². The Hall–Kier alpha value is -0.830. The molecule has 0 fully saturated rings. The van der Waals surface area contributed by atoms with Crippen molar-refractivity contribution in [2.75, 3.05) is 0 Å². The Bertz CT molecular complexity index is 296. The Morgan fingerprint density at radius 2 is 2.25 bits per heavy atom. The summed E-state index contributed by atoms with van der Waals surface area (Å²) in [6, 6.07) is 7.43. The Balaban J connectivity index is 2.95. The number of hydrogen-bond acceptors (Lipinski definition) is 1. The molecule has 0 aliphatic carbocycles. The van der Waals surface area contributed by atoms with E-state index in [9.17, 15) is 4.79 Å². The summed E-state index contributed by atoms with van der Waals surface area (Å²) < 4.78 is 0. The first-order valence-electron chi connectivity index (χ1n) is 3.54. The van der Waals surface area contributed by atoms with Gasteiger partial charge in [0.05, 0.1) is 0 Å². The van der Waals surface area contributed by atoms with E-state index in [2.05, 4.69) is 15.9 Å². The van der Waals surface area contributed by atoms with Gasteiger partial charge in [0.25, 0.3) is 0 Å². The van der Waals surface area contributed by atoms with Gasteiger partial charge in [-0.05, 0) is 12.5 Å². The minimum atomic E-state index is -0.861. The van der Waals surface area contributed by atoms with Crippen LogP contribution in [0.15, 0.2) is 24.3 Å². The molecule has 1 N–H and O–H groups in total. The van der Waals surface area contributed by atoms with E-state index in [-0.39, 0.29) is 0 Å². The Morgan fingerprint density at radius 3 is 2.75 bits per heavy atom. The molecule has 0 aromatic heterocycles. The van der Waals surface area contributed by atoms with Crippen LogP contribution in [-0.4, -0.2) is 11.1 Å². The average Bonchev–Trinajstić information content (AvgIpc) is 2.03. The molecule has 0 amide bonds. The van der Waals surface area contributed by atoms with Crippen LogP contribution in [0.3, 0.4) is 0 Å². The maximum absolute atomic E-state index is 10.6. The molecule has 1 rings (SSSR count). The minimum absolute atomic E-state index is 0.600. The summed E-state index contributed by atoms with van der Waals surface area (Å²) >= 11 is 3.08. The molecule has 1 atom stereocenters. The SMILES string of the molecule is Cc1cccc(C(Br)C(=O)O)c1. The lowest BCUT2D eigenvalue weighted by molar-refractivity contribution is -0.136. The maximum atomic E-state index is 10.6. The first-order valence-corrected chi connectivity index (χ1v) is 4.46. The third-order valence-electron chi connectivity index (χ3n) is 1.55. The van der Waals surface area contributed by atoms with Gasteiger partial charge in [-0.25, -0.2) is 0 Å². The summed E-state index contributed by atoms with van der Waals surface area (Å²) in [6.45, 7) is 1.94. The number of alkyl halides is 1. The van der Waals surface area contributed by atoms with Gasteiger partial charge in [0, 0.05) is 0 Å². The highest BCUT2D eigenvalue weighted by Crippen LogP contribution is 2.23. The molecule has 2 nitrogen and oxygen atoms in total. The van der Waals surface area contributed by atoms with Crippen molar-refractivity contribution in [1.82, 2.24) is 0 Å². The van der Waals surface area contributed by atoms with Crippen LogP contribution in [0.2, 0.25) is 0 Å². The zero-order valence-corrected chi connectivity index (χ0v) is 8.21. The van der Waals surface area contributed by atoms with E-state index in [1.54, 1.807) is 6.07 Å². The Kier molecular flexibility index (Phi) is 2.87. The Morgan fingerprint density at radius 1 is 1.58 bits per heavy atom. The molecule has 1 unspecified atom stereocenters. The number of aliphatic carboxylic acids is 1. The van der Waals surface area contributed by atoms with Gasteiger partial charge in [-0.3, -0.25) is 4.79 Å². The van der Waals surface area contributed by atoms with Gasteiger partial charge in [0.2, 0.25) is 0 Å². The molecule has 0 spiro atoms. The highest BCUT2D eigenvalue weighted by molar-refractivity contribution is 9.09. The first kappa shape index (κ1) is 9.26. The van der Waals surface area contributed by atoms with Crippen molar-refractivity contribution in [2.45, 2.75) is 11.8 Å². The van der Waals surface area contributed by atoms with Crippen LogP contribution in [-0.2, 0) is 4.79 Å². The molecule has 1 aromatic carbocycles. The number of benzene rings is 1. The van der Waals surface area contributed by atoms with Gasteiger partial charge < -0.3 is 5.11 Å². The largest absolute Gasteiger partial charge is 0.480 e. The van der Waals surface area contributed by atoms with Crippen molar-refractivity contribution in [2.24, 2.45) is 0 Å². The quantitative estimate of drug-likeness (QED) is 0.791. The second kappa shape index (κ2) is 3.72. The van der Waals surface area contributed by atoms with Gasteiger partial charge in [-0.2, -0.15) is 0 Å². The second-order valence-corrected chi connectivity index (χ2v) is 3.53. The number of halogens is 1. The molecule has 0 heterocycles. The van der Waals surface area contributed by atoms with E-state index < -0.39 is 10.8 Å². The van der Waals surface area contributed by atoms with E-state index >= 15 is 0 Å². The fourth-order valence-corrected chi connectivity index (χ4v) is 1.26. The van der Waals surface area contributed by atoms with Crippen LogP contribution in [0.4, 0.5) is 0 Å². The van der Waals surface area contributed by atoms with Gasteiger partial charge >= 0.3 is 5.97 Å². The van der Waals surface area contributed by atoms with Crippen LogP contribution in [0.25, 0.3) is 0 Å². The third-order valence-corrected chi connectivity index (χ3v) is 2.47. The molecule has 0 aliphatic heterocycles. The molecular weight excluding hydrogens is 220 g/mol. The lowest BCUT2D eigenvalue weighted by Gasteiger charge is -2.04. The van der Waals surface area contributed by atoms with E-state index in [0.717, 1.165) is 11.1 Å². The fraction of sp³-hybridized carbons (Fsp3) is 0.222. The first-order chi connectivity index (χ1) is 5.61. The van der Waals surface area contributed by atoms with Crippen molar-refractivity contribution in [3.63, 3.8) is 0 Å². The molecule has 0 saturated heterocycles. The molecule has 0 saturated carbocycles. The number of hydrogen-bond donors (Lipinski definition) is 1. The lowest BCUT2D eigenvalue weighted by Crippen LogP contribution is -2.04. The van der Waals surface area contributed by atoms with Crippen molar-refractivity contribution < 1.29 is 9.90 Å². The number of rotatable bonds is 2. The van der Waals surface area contributed by atoms with Gasteiger partial charge in [-0.1, -0.05) is 45.8 Å². The number of carboxylic acid groups (broad SMARTS) is 1. The molecule has 0 radical (unpaired) electrons. The molecule has 3 heteroatoms. The molecular formula is C9H9BrO2.